The molecule has 0 saturated carbocycles. The van der Waals surface area contributed by atoms with Crippen LogP contribution in [0.25, 0.3) is 22.4 Å². The summed E-state index contributed by atoms with van der Waals surface area (Å²) in [5.41, 5.74) is 7.31. The summed E-state index contributed by atoms with van der Waals surface area (Å²) in [5.74, 6) is 2.92. The molecule has 28 heavy (non-hydrogen) atoms. The summed E-state index contributed by atoms with van der Waals surface area (Å²) in [6.45, 7) is 7.60. The number of hydrogen-bond donors (Lipinski definition) is 0. The zero-order valence-corrected chi connectivity index (χ0v) is 17.0. The third-order valence-electron chi connectivity index (χ3n) is 5.24. The van der Waals surface area contributed by atoms with Crippen molar-refractivity contribution in [2.45, 2.75) is 52.5 Å². The Morgan fingerprint density at radius 3 is 2.25 bits per heavy atom. The third-order valence-corrected chi connectivity index (χ3v) is 5.24. The number of hydrogen-bond acceptors (Lipinski definition) is 0. The van der Waals surface area contributed by atoms with E-state index in [4.69, 9.17) is 6.42 Å². The fraction of sp³-hybridized carbons (Fsp3) is 0.308. The van der Waals surface area contributed by atoms with Crippen molar-refractivity contribution in [1.82, 2.24) is 4.57 Å². The lowest BCUT2D eigenvalue weighted by atomic mass is 9.96. The van der Waals surface area contributed by atoms with E-state index in [9.17, 15) is 4.39 Å². The third kappa shape index (κ3) is 4.04. The second-order valence-corrected chi connectivity index (χ2v) is 7.57. The van der Waals surface area contributed by atoms with Gasteiger partial charge >= 0.3 is 0 Å². The van der Waals surface area contributed by atoms with Gasteiger partial charge in [-0.05, 0) is 66.6 Å². The van der Waals surface area contributed by atoms with Gasteiger partial charge in [-0.1, -0.05) is 44.2 Å². The van der Waals surface area contributed by atoms with Crippen LogP contribution in [-0.2, 0) is 6.54 Å². The molecule has 0 radical (unpaired) electrons. The molecule has 144 valence electrons. The second-order valence-electron chi connectivity index (χ2n) is 7.57. The normalized spacial score (nSPS) is 11.0. The fourth-order valence-corrected chi connectivity index (χ4v) is 4.10. The Bertz CT molecular complexity index is 956. The van der Waals surface area contributed by atoms with Crippen LogP contribution in [0, 0.1) is 25.1 Å². The van der Waals surface area contributed by atoms with E-state index in [1.54, 1.807) is 12.1 Å². The predicted molar refractivity (Wildman–Crippen MR) is 117 cm³/mol. The molecule has 0 bridgehead atoms. The molecule has 1 nitrogen and oxygen atoms in total. The molecule has 2 aromatic carbocycles. The molecule has 0 amide bonds. The molecule has 0 atom stereocenters. The predicted octanol–water partition coefficient (Wildman–Crippen LogP) is 7.20. The maximum atomic E-state index is 13.6. The van der Waals surface area contributed by atoms with Gasteiger partial charge in [-0.3, -0.25) is 0 Å². The summed E-state index contributed by atoms with van der Waals surface area (Å²) in [6.07, 6.45) is 8.27. The van der Waals surface area contributed by atoms with Crippen LogP contribution >= 0.6 is 0 Å². The van der Waals surface area contributed by atoms with Crippen molar-refractivity contribution in [1.29, 1.82) is 0 Å². The van der Waals surface area contributed by atoms with E-state index in [0.29, 0.717) is 5.92 Å². The Morgan fingerprint density at radius 1 is 0.964 bits per heavy atom. The Kier molecular flexibility index (Phi) is 6.37. The van der Waals surface area contributed by atoms with Crippen molar-refractivity contribution in [2.75, 3.05) is 0 Å². The van der Waals surface area contributed by atoms with E-state index < -0.39 is 0 Å². The number of benzene rings is 2. The summed E-state index contributed by atoms with van der Waals surface area (Å²) in [6, 6.07) is 17.4. The molecule has 3 rings (SSSR count). The first-order valence-corrected chi connectivity index (χ1v) is 10.0. The maximum Gasteiger partial charge on any atom is 0.123 e. The molecule has 0 aliphatic carbocycles. The van der Waals surface area contributed by atoms with Crippen LogP contribution in [0.3, 0.4) is 0 Å². The highest BCUT2D eigenvalue weighted by molar-refractivity contribution is 5.85. The first-order valence-electron chi connectivity index (χ1n) is 10.0. The average Bonchev–Trinajstić information content (AvgIpc) is 2.99. The van der Waals surface area contributed by atoms with Gasteiger partial charge in [0.2, 0.25) is 0 Å². The highest BCUT2D eigenvalue weighted by Gasteiger charge is 2.23. The Morgan fingerprint density at radius 2 is 1.64 bits per heavy atom. The average molecular weight is 374 g/mol. The number of rotatable bonds is 7. The lowest BCUT2D eigenvalue weighted by molar-refractivity contribution is 0.586. The van der Waals surface area contributed by atoms with E-state index in [-0.39, 0.29) is 5.82 Å². The molecule has 1 heterocycles. The van der Waals surface area contributed by atoms with Crippen molar-refractivity contribution >= 4 is 0 Å². The number of unbranched alkanes of at least 4 members (excludes halogenated alkanes) is 2. The van der Waals surface area contributed by atoms with Crippen LogP contribution in [0.4, 0.5) is 4.39 Å². The molecule has 0 fully saturated rings. The number of aromatic nitrogens is 1. The number of terminal acetylenes is 1. The van der Waals surface area contributed by atoms with E-state index in [2.05, 4.69) is 55.5 Å². The molecular formula is C26H28FN. The van der Waals surface area contributed by atoms with Crippen molar-refractivity contribution in [3.05, 3.63) is 71.7 Å². The lowest BCUT2D eigenvalue weighted by Gasteiger charge is -2.17. The molecule has 0 spiro atoms. The summed E-state index contributed by atoms with van der Waals surface area (Å²) >= 11 is 0. The largest absolute Gasteiger partial charge is 0.344 e. The molecule has 3 aromatic rings. The van der Waals surface area contributed by atoms with Crippen LogP contribution in [-0.4, -0.2) is 4.57 Å². The van der Waals surface area contributed by atoms with Crippen LogP contribution in [0.2, 0.25) is 0 Å². The minimum atomic E-state index is -0.210. The standard InChI is InChI=1S/C26H28FN/c1-5-6-7-11-18-28-25(19(2)3)20(4)24(21-12-9-8-10-13-21)26(28)22-14-16-23(27)17-15-22/h1,8-10,12-17,19H,6-7,11,18H2,2-4H3. The topological polar surface area (TPSA) is 4.93 Å². The highest BCUT2D eigenvalue weighted by Crippen LogP contribution is 2.41. The Labute approximate surface area is 168 Å². The Hall–Kier alpha value is -2.79. The molecule has 0 aliphatic rings. The zero-order valence-electron chi connectivity index (χ0n) is 17.0. The second kappa shape index (κ2) is 8.93. The van der Waals surface area contributed by atoms with Gasteiger partial charge in [0, 0.05) is 24.2 Å². The molecule has 0 N–H and O–H groups in total. The molecule has 1 aromatic heterocycles. The van der Waals surface area contributed by atoms with Crippen LogP contribution < -0.4 is 0 Å². The van der Waals surface area contributed by atoms with E-state index in [1.807, 2.05) is 18.2 Å². The van der Waals surface area contributed by atoms with Gasteiger partial charge < -0.3 is 4.57 Å². The van der Waals surface area contributed by atoms with Crippen molar-refractivity contribution in [2.24, 2.45) is 0 Å². The van der Waals surface area contributed by atoms with Crippen LogP contribution in [0.1, 0.15) is 50.3 Å². The lowest BCUT2D eigenvalue weighted by Crippen LogP contribution is -2.07. The monoisotopic (exact) mass is 373 g/mol. The summed E-state index contributed by atoms with van der Waals surface area (Å²) in [4.78, 5) is 0. The van der Waals surface area contributed by atoms with E-state index in [1.165, 1.54) is 28.1 Å². The highest BCUT2D eigenvalue weighted by atomic mass is 19.1. The van der Waals surface area contributed by atoms with Gasteiger partial charge in [-0.15, -0.1) is 12.3 Å². The van der Waals surface area contributed by atoms with Gasteiger partial charge in [0.15, 0.2) is 0 Å². The van der Waals surface area contributed by atoms with Crippen molar-refractivity contribution in [3.63, 3.8) is 0 Å². The van der Waals surface area contributed by atoms with E-state index >= 15 is 0 Å². The van der Waals surface area contributed by atoms with Gasteiger partial charge in [0.1, 0.15) is 5.82 Å². The number of halogens is 1. The van der Waals surface area contributed by atoms with Crippen molar-refractivity contribution < 1.29 is 4.39 Å². The molecular weight excluding hydrogens is 345 g/mol. The number of nitrogens with zero attached hydrogens (tertiary/aromatic N) is 1. The molecule has 0 saturated heterocycles. The molecule has 0 aliphatic heterocycles. The molecule has 2 heteroatoms. The maximum absolute atomic E-state index is 13.6. The fourth-order valence-electron chi connectivity index (χ4n) is 4.10. The van der Waals surface area contributed by atoms with Gasteiger partial charge in [-0.25, -0.2) is 4.39 Å². The first-order chi connectivity index (χ1) is 13.5. The van der Waals surface area contributed by atoms with Crippen LogP contribution in [0.5, 0.6) is 0 Å². The van der Waals surface area contributed by atoms with Crippen LogP contribution in [0.15, 0.2) is 54.6 Å². The minimum Gasteiger partial charge on any atom is -0.344 e. The smallest absolute Gasteiger partial charge is 0.123 e. The molecule has 0 unspecified atom stereocenters. The quantitative estimate of drug-likeness (QED) is 0.305. The summed E-state index contributed by atoms with van der Waals surface area (Å²) in [7, 11) is 0. The Balaban J connectivity index is 2.23. The van der Waals surface area contributed by atoms with Gasteiger partial charge in [-0.2, -0.15) is 0 Å². The van der Waals surface area contributed by atoms with Crippen molar-refractivity contribution in [3.8, 4) is 34.7 Å². The first kappa shape index (κ1) is 20.0. The SMILES string of the molecule is C#CCCCCn1c(-c2ccc(F)cc2)c(-c2ccccc2)c(C)c1C(C)C. The van der Waals surface area contributed by atoms with E-state index in [0.717, 1.165) is 31.4 Å². The van der Waals surface area contributed by atoms with Gasteiger partial charge in [0.05, 0.1) is 5.69 Å². The summed E-state index contributed by atoms with van der Waals surface area (Å²) in [5, 5.41) is 0. The van der Waals surface area contributed by atoms with Gasteiger partial charge in [0.25, 0.3) is 0 Å². The minimum absolute atomic E-state index is 0.210. The zero-order chi connectivity index (χ0) is 20.1. The summed E-state index contributed by atoms with van der Waals surface area (Å²) < 4.78 is 16.0.